The minimum absolute atomic E-state index is 0. The Morgan fingerprint density at radius 2 is 1.16 bits per heavy atom. The van der Waals surface area contributed by atoms with E-state index in [0.29, 0.717) is 17.5 Å². The van der Waals surface area contributed by atoms with Crippen molar-refractivity contribution in [1.29, 1.82) is 0 Å². The molecule has 0 bridgehead atoms. The van der Waals surface area contributed by atoms with Crippen molar-refractivity contribution in [1.82, 2.24) is 19.9 Å². The van der Waals surface area contributed by atoms with Gasteiger partial charge in [0.2, 0.25) is 0 Å². The molecule has 0 aliphatic carbocycles. The number of fused-ring (bicyclic) bond motifs is 4. The first kappa shape index (κ1) is 40.8. The van der Waals surface area contributed by atoms with E-state index in [4.69, 9.17) is 34.3 Å². The molecule has 1 radical (unpaired) electrons. The molecule has 3 heterocycles. The van der Waals surface area contributed by atoms with Gasteiger partial charge < -0.3 is 14.5 Å². The van der Waals surface area contributed by atoms with E-state index in [9.17, 15) is 0 Å². The van der Waals surface area contributed by atoms with Crippen molar-refractivity contribution in [2.75, 3.05) is 0 Å². The molecule has 289 valence electrons. The smallest absolute Gasteiger partial charge is 0.316 e. The molecule has 8 rings (SSSR count). The zero-order valence-electron chi connectivity index (χ0n) is 33.5. The number of carbonyl (C=O) groups excluding carboxylic acids is 1. The molecule has 3 aromatic heterocycles. The van der Waals surface area contributed by atoms with Crippen LogP contribution >= 0.6 is 0 Å². The van der Waals surface area contributed by atoms with Crippen LogP contribution in [0.2, 0.25) is 0 Å². The van der Waals surface area contributed by atoms with Crippen LogP contribution in [0.5, 0.6) is 0 Å². The van der Waals surface area contributed by atoms with Crippen molar-refractivity contribution < 1.29 is 34.4 Å². The van der Waals surface area contributed by atoms with E-state index in [0.717, 1.165) is 60.7 Å². The number of allylic oxidation sites excluding steroid dienone is 2. The van der Waals surface area contributed by atoms with Crippen LogP contribution in [-0.2, 0) is 30.9 Å². The van der Waals surface area contributed by atoms with E-state index in [2.05, 4.69) is 114 Å². The second-order valence-electron chi connectivity index (χ2n) is 16.2. The number of aromatic nitrogens is 4. The van der Waals surface area contributed by atoms with Gasteiger partial charge in [-0.15, -0.1) is 17.7 Å². The molecule has 0 aliphatic heterocycles. The Morgan fingerprint density at radius 1 is 0.649 bits per heavy atom. The molecule has 5 aromatic carbocycles. The van der Waals surface area contributed by atoms with E-state index in [1.54, 1.807) is 0 Å². The van der Waals surface area contributed by atoms with E-state index in [1.165, 1.54) is 31.1 Å². The minimum Gasteiger partial charge on any atom is -0.512 e. The summed E-state index contributed by atoms with van der Waals surface area (Å²) in [5, 5.41) is 12.5. The summed E-state index contributed by atoms with van der Waals surface area (Å²) in [5.74, 6) is 2.07. The molecule has 8 aromatic rings. The molecule has 8 heteroatoms. The molecule has 0 saturated carbocycles. The van der Waals surface area contributed by atoms with Crippen LogP contribution in [0.3, 0.4) is 0 Å². The van der Waals surface area contributed by atoms with Gasteiger partial charge in [-0.3, -0.25) is 4.79 Å². The van der Waals surface area contributed by atoms with Gasteiger partial charge in [-0.1, -0.05) is 144 Å². The Morgan fingerprint density at radius 3 is 1.67 bits per heavy atom. The number of rotatable bonds is 5. The molecule has 2 N–H and O–H groups in total. The summed E-state index contributed by atoms with van der Waals surface area (Å²) >= 11 is 0. The first-order valence-electron chi connectivity index (χ1n) is 18.7. The van der Waals surface area contributed by atoms with Crippen molar-refractivity contribution >= 4 is 38.5 Å². The van der Waals surface area contributed by atoms with E-state index < -0.39 is 0 Å². The zero-order chi connectivity index (χ0) is 39.8. The number of hydrogen-bond acceptors (Lipinski definition) is 6. The van der Waals surface area contributed by atoms with Crippen molar-refractivity contribution in [2.24, 2.45) is 0 Å². The third kappa shape index (κ3) is 8.93. The van der Waals surface area contributed by atoms with Crippen molar-refractivity contribution in [3.63, 3.8) is 0 Å². The summed E-state index contributed by atoms with van der Waals surface area (Å²) in [6, 6.07) is 41.0. The number of aliphatic hydroxyl groups is 1. The largest absolute Gasteiger partial charge is 0.512 e. The van der Waals surface area contributed by atoms with Crippen LogP contribution in [0.1, 0.15) is 66.5 Å². The standard InChI is InChI=1S/C44H37N4O.C5H8O2.Ir/c1-43(2,3)30-20-15-27(16-21-30)40-46-41(28-17-22-31(23-18-28)44(4,5)6)48-42(47-40)36-26-45-39(35-13-8-7-11-32(35)36)29-19-24-34-33-12-9-10-14-37(33)49-38(34)25-29;1-4(6)3-5(2)7;/h7-18,20-26H,1-6H3;3,6H,1-2H3;/q-1;;/p+1/b;4-3-;. The van der Waals surface area contributed by atoms with Gasteiger partial charge in [0.05, 0.1) is 24.3 Å². The molecule has 57 heavy (non-hydrogen) atoms. The fourth-order valence-electron chi connectivity index (χ4n) is 6.68. The molecular weight excluding hydrogens is 885 g/mol. The average molecular weight is 931 g/mol. The molecule has 0 atom stereocenters. The maximum absolute atomic E-state index is 8.40. The van der Waals surface area contributed by atoms with Crippen molar-refractivity contribution in [3.05, 3.63) is 144 Å². The first-order valence-corrected chi connectivity index (χ1v) is 18.7. The molecule has 7 nitrogen and oxygen atoms in total. The number of hydrogen-bond donors (Lipinski definition) is 1. The molecule has 0 spiro atoms. The normalized spacial score (nSPS) is 12.0. The van der Waals surface area contributed by atoms with E-state index in [1.807, 2.05) is 48.7 Å². The predicted molar refractivity (Wildman–Crippen MR) is 229 cm³/mol. The quantitative estimate of drug-likeness (QED) is 0.0797. The minimum atomic E-state index is 0. The van der Waals surface area contributed by atoms with Gasteiger partial charge in [0.1, 0.15) is 5.58 Å². The van der Waals surface area contributed by atoms with Gasteiger partial charge in [-0.05, 0) is 56.8 Å². The number of ketones is 1. The summed E-state index contributed by atoms with van der Waals surface area (Å²) < 4.78 is 6.21. The van der Waals surface area contributed by atoms with Gasteiger partial charge in [0.25, 0.3) is 0 Å². The van der Waals surface area contributed by atoms with Crippen LogP contribution in [0.4, 0.5) is 0 Å². The molecule has 0 saturated heterocycles. The summed E-state index contributed by atoms with van der Waals surface area (Å²) in [5.41, 5.74) is 8.67. The van der Waals surface area contributed by atoms with Crippen LogP contribution in [0, 0.1) is 6.07 Å². The zero-order valence-corrected chi connectivity index (χ0v) is 35.9. The molecule has 0 aliphatic rings. The third-order valence-corrected chi connectivity index (χ3v) is 9.67. The number of para-hydroxylation sites is 1. The van der Waals surface area contributed by atoms with Crippen LogP contribution in [0.15, 0.2) is 132 Å². The first-order chi connectivity index (χ1) is 26.7. The summed E-state index contributed by atoms with van der Waals surface area (Å²) in [7, 11) is 0. The van der Waals surface area contributed by atoms with Gasteiger partial charge in [0, 0.05) is 43.0 Å². The Labute approximate surface area is 347 Å². The molecule has 0 amide bonds. The Bertz CT molecular complexity index is 2680. The SMILES string of the molecule is CC(=[OH+])/C=C(/C)O.CC(C)(C)c1ccc(-c2nc(-c3ccc(C(C)(C)C)cc3)nc(-c3cnc(-c4[c-]cc5c(c4)oc4ccccc45)c4ccccc34)n2)cc1.[Ir]. The third-order valence-electron chi connectivity index (χ3n) is 9.67. The molecule has 0 fully saturated rings. The van der Waals surface area contributed by atoms with Crippen molar-refractivity contribution in [3.8, 4) is 45.4 Å². The number of pyridine rings is 1. The van der Waals surface area contributed by atoms with Crippen LogP contribution in [-0.4, -0.2) is 35.6 Å². The van der Waals surface area contributed by atoms with Gasteiger partial charge >= 0.3 is 5.78 Å². The fraction of sp³-hybridized carbons (Fsp3) is 0.204. The summed E-state index contributed by atoms with van der Waals surface area (Å²) in [6.45, 7) is 16.3. The Hall–Kier alpha value is -5.82. The van der Waals surface area contributed by atoms with Gasteiger partial charge in [-0.25, -0.2) is 15.0 Å². The summed E-state index contributed by atoms with van der Waals surface area (Å²) in [6.07, 6.45) is 3.16. The number of aliphatic hydroxyl groups excluding tert-OH is 1. The second kappa shape index (κ2) is 16.3. The second-order valence-corrected chi connectivity index (χ2v) is 16.2. The average Bonchev–Trinajstić information content (AvgIpc) is 3.54. The number of benzene rings is 5. The van der Waals surface area contributed by atoms with Crippen molar-refractivity contribution in [2.45, 2.75) is 66.2 Å². The molecular formula is C49H46IrN4O3. The maximum atomic E-state index is 8.40. The topological polar surface area (TPSA) is 106 Å². The Balaban J connectivity index is 0.000000631. The van der Waals surface area contributed by atoms with Crippen LogP contribution in [0.25, 0.3) is 78.1 Å². The fourth-order valence-corrected chi connectivity index (χ4v) is 6.68. The Kier molecular flexibility index (Phi) is 11.7. The summed E-state index contributed by atoms with van der Waals surface area (Å²) in [4.78, 5) is 28.6. The monoisotopic (exact) mass is 931 g/mol. The van der Waals surface area contributed by atoms with E-state index in [-0.39, 0.29) is 42.5 Å². The van der Waals surface area contributed by atoms with E-state index >= 15 is 0 Å². The number of nitrogens with zero attached hydrogens (tertiary/aromatic N) is 4. The number of furan rings is 1. The maximum Gasteiger partial charge on any atom is 0.316 e. The predicted octanol–water partition coefficient (Wildman–Crippen LogP) is 12.4. The molecule has 0 unspecified atom stereocenters. The van der Waals surface area contributed by atoms with Crippen LogP contribution < -0.4 is 0 Å². The van der Waals surface area contributed by atoms with Gasteiger partial charge in [0.15, 0.2) is 17.5 Å². The van der Waals surface area contributed by atoms with Gasteiger partial charge in [-0.2, -0.15) is 0 Å².